The number of ether oxygens (including phenoxy) is 1. The Kier molecular flexibility index (Phi) is 2.49. The molecule has 1 aliphatic rings. The van der Waals surface area contributed by atoms with E-state index < -0.39 is 0 Å². The van der Waals surface area contributed by atoms with Crippen molar-refractivity contribution in [3.05, 3.63) is 17.5 Å². The fraction of sp³-hybridized carbons (Fsp3) is 0.556. The molecule has 0 aliphatic carbocycles. The minimum absolute atomic E-state index is 0.213. The van der Waals surface area contributed by atoms with Gasteiger partial charge >= 0.3 is 5.97 Å². The number of nitrogens with one attached hydrogen (secondary N) is 1. The predicted molar refractivity (Wildman–Crippen MR) is 49.4 cm³/mol. The molecule has 0 bridgehead atoms. The highest BCUT2D eigenvalue weighted by molar-refractivity contribution is 5.69. The van der Waals surface area contributed by atoms with E-state index in [1.807, 2.05) is 0 Å². The molecule has 1 N–H and O–H groups in total. The first-order valence-electron chi connectivity index (χ1n) is 4.71. The van der Waals surface area contributed by atoms with Crippen LogP contribution in [-0.2, 0) is 29.2 Å². The van der Waals surface area contributed by atoms with Crippen LogP contribution in [0.5, 0.6) is 0 Å². The van der Waals surface area contributed by atoms with Crippen LogP contribution in [-0.4, -0.2) is 22.4 Å². The Hall–Kier alpha value is -1.36. The first-order chi connectivity index (χ1) is 6.81. The van der Waals surface area contributed by atoms with Crippen LogP contribution >= 0.6 is 0 Å². The number of hydrogen-bond acceptors (Lipinski definition) is 4. The lowest BCUT2D eigenvalue weighted by Gasteiger charge is -2.04. The molecule has 0 aromatic carbocycles. The van der Waals surface area contributed by atoms with Gasteiger partial charge in [-0.3, -0.25) is 9.48 Å². The second-order valence-electron chi connectivity index (χ2n) is 3.18. The summed E-state index contributed by atoms with van der Waals surface area (Å²) in [6.07, 6.45) is 1.80. The van der Waals surface area contributed by atoms with Crippen LogP contribution < -0.4 is 5.32 Å². The SMILES string of the molecule is CCOC(=O)Cn1ncc2c1CNC2. The number of esters is 1. The minimum Gasteiger partial charge on any atom is -0.465 e. The van der Waals surface area contributed by atoms with E-state index >= 15 is 0 Å². The monoisotopic (exact) mass is 195 g/mol. The normalized spacial score (nSPS) is 14.1. The summed E-state index contributed by atoms with van der Waals surface area (Å²) in [5.74, 6) is -0.231. The average molecular weight is 195 g/mol. The van der Waals surface area contributed by atoms with Crippen molar-refractivity contribution in [2.75, 3.05) is 6.61 Å². The Morgan fingerprint density at radius 2 is 2.57 bits per heavy atom. The molecule has 76 valence electrons. The topological polar surface area (TPSA) is 56.2 Å². The number of nitrogens with zero attached hydrogens (tertiary/aromatic N) is 2. The summed E-state index contributed by atoms with van der Waals surface area (Å²) < 4.78 is 6.56. The van der Waals surface area contributed by atoms with Gasteiger partial charge in [-0.15, -0.1) is 0 Å². The van der Waals surface area contributed by atoms with Crippen LogP contribution in [0, 0.1) is 0 Å². The van der Waals surface area contributed by atoms with Gasteiger partial charge in [0.05, 0.1) is 18.5 Å². The van der Waals surface area contributed by atoms with Crippen LogP contribution in [0.25, 0.3) is 0 Å². The van der Waals surface area contributed by atoms with Crippen LogP contribution in [0.4, 0.5) is 0 Å². The maximum Gasteiger partial charge on any atom is 0.327 e. The van der Waals surface area contributed by atoms with Crippen molar-refractivity contribution in [1.29, 1.82) is 0 Å². The number of carbonyl (C=O) groups is 1. The highest BCUT2D eigenvalue weighted by Gasteiger charge is 2.17. The average Bonchev–Trinajstić information content (AvgIpc) is 2.70. The molecule has 0 saturated carbocycles. The predicted octanol–water partition coefficient (Wildman–Crippen LogP) is 0.0494. The molecule has 1 aromatic rings. The zero-order valence-electron chi connectivity index (χ0n) is 8.12. The highest BCUT2D eigenvalue weighted by atomic mass is 16.5. The summed E-state index contributed by atoms with van der Waals surface area (Å²) in [7, 11) is 0. The molecular weight excluding hydrogens is 182 g/mol. The van der Waals surface area contributed by atoms with Crippen LogP contribution in [0.2, 0.25) is 0 Å². The van der Waals surface area contributed by atoms with Gasteiger partial charge in [-0.25, -0.2) is 0 Å². The molecule has 5 nitrogen and oxygen atoms in total. The number of hydrogen-bond donors (Lipinski definition) is 1. The van der Waals surface area contributed by atoms with E-state index in [1.165, 1.54) is 5.56 Å². The maximum absolute atomic E-state index is 11.2. The van der Waals surface area contributed by atoms with Gasteiger partial charge in [0.25, 0.3) is 0 Å². The largest absolute Gasteiger partial charge is 0.465 e. The van der Waals surface area contributed by atoms with E-state index in [2.05, 4.69) is 10.4 Å². The van der Waals surface area contributed by atoms with Gasteiger partial charge < -0.3 is 10.1 Å². The molecule has 0 spiro atoms. The number of fused-ring (bicyclic) bond motifs is 1. The van der Waals surface area contributed by atoms with E-state index in [9.17, 15) is 4.79 Å². The first-order valence-corrected chi connectivity index (χ1v) is 4.71. The molecule has 0 atom stereocenters. The van der Waals surface area contributed by atoms with Gasteiger partial charge in [0, 0.05) is 18.7 Å². The van der Waals surface area contributed by atoms with Gasteiger partial charge in [-0.2, -0.15) is 5.10 Å². The third-order valence-corrected chi connectivity index (χ3v) is 2.23. The van der Waals surface area contributed by atoms with Crippen molar-refractivity contribution >= 4 is 5.97 Å². The zero-order chi connectivity index (χ0) is 9.97. The van der Waals surface area contributed by atoms with Gasteiger partial charge in [-0.1, -0.05) is 0 Å². The molecular formula is C9H13N3O2. The summed E-state index contributed by atoms with van der Waals surface area (Å²) in [4.78, 5) is 11.2. The summed E-state index contributed by atoms with van der Waals surface area (Å²) in [6, 6.07) is 0. The van der Waals surface area contributed by atoms with Crippen molar-refractivity contribution in [1.82, 2.24) is 15.1 Å². The Bertz CT molecular complexity index is 346. The van der Waals surface area contributed by atoms with Gasteiger partial charge in [0.15, 0.2) is 0 Å². The third-order valence-electron chi connectivity index (χ3n) is 2.23. The van der Waals surface area contributed by atoms with Gasteiger partial charge in [0.2, 0.25) is 0 Å². The molecule has 0 radical (unpaired) electrons. The first kappa shape index (κ1) is 9.21. The summed E-state index contributed by atoms with van der Waals surface area (Å²) in [5.41, 5.74) is 2.27. The molecule has 14 heavy (non-hydrogen) atoms. The lowest BCUT2D eigenvalue weighted by molar-refractivity contribution is -0.144. The van der Waals surface area contributed by atoms with Crippen LogP contribution in [0.15, 0.2) is 6.20 Å². The summed E-state index contributed by atoms with van der Waals surface area (Å²) >= 11 is 0. The van der Waals surface area contributed by atoms with Crippen molar-refractivity contribution < 1.29 is 9.53 Å². The molecule has 0 unspecified atom stereocenters. The molecule has 1 aliphatic heterocycles. The summed E-state index contributed by atoms with van der Waals surface area (Å²) in [5, 5.41) is 7.34. The quantitative estimate of drug-likeness (QED) is 0.692. The number of carbonyl (C=O) groups excluding carboxylic acids is 1. The zero-order valence-corrected chi connectivity index (χ0v) is 8.12. The summed E-state index contributed by atoms with van der Waals surface area (Å²) in [6.45, 7) is 4.06. The van der Waals surface area contributed by atoms with Crippen molar-refractivity contribution in [2.45, 2.75) is 26.6 Å². The Morgan fingerprint density at radius 3 is 3.36 bits per heavy atom. The maximum atomic E-state index is 11.2. The lowest BCUT2D eigenvalue weighted by atomic mass is 10.3. The van der Waals surface area contributed by atoms with Crippen LogP contribution in [0.3, 0.4) is 0 Å². The molecule has 0 saturated heterocycles. The second-order valence-corrected chi connectivity index (χ2v) is 3.18. The van der Waals surface area contributed by atoms with E-state index in [-0.39, 0.29) is 12.5 Å². The molecule has 5 heteroatoms. The highest BCUT2D eigenvalue weighted by Crippen LogP contribution is 2.13. The van der Waals surface area contributed by atoms with E-state index in [0.717, 1.165) is 18.8 Å². The fourth-order valence-corrected chi connectivity index (χ4v) is 1.58. The Morgan fingerprint density at radius 1 is 1.71 bits per heavy atom. The van der Waals surface area contributed by atoms with E-state index in [1.54, 1.807) is 17.8 Å². The van der Waals surface area contributed by atoms with Crippen molar-refractivity contribution in [3.63, 3.8) is 0 Å². The minimum atomic E-state index is -0.231. The molecule has 2 rings (SSSR count). The lowest BCUT2D eigenvalue weighted by Crippen LogP contribution is -2.17. The second kappa shape index (κ2) is 3.79. The van der Waals surface area contributed by atoms with Gasteiger partial charge in [0.1, 0.15) is 6.54 Å². The van der Waals surface area contributed by atoms with E-state index in [4.69, 9.17) is 4.74 Å². The van der Waals surface area contributed by atoms with Crippen molar-refractivity contribution in [3.8, 4) is 0 Å². The van der Waals surface area contributed by atoms with E-state index in [0.29, 0.717) is 6.61 Å². The Labute approximate surface area is 82.0 Å². The van der Waals surface area contributed by atoms with Crippen LogP contribution in [0.1, 0.15) is 18.2 Å². The molecule has 0 amide bonds. The molecule has 0 fully saturated rings. The van der Waals surface area contributed by atoms with Gasteiger partial charge in [-0.05, 0) is 6.92 Å². The Balaban J connectivity index is 2.06. The van der Waals surface area contributed by atoms with Crippen molar-refractivity contribution in [2.24, 2.45) is 0 Å². The standard InChI is InChI=1S/C9H13N3O2/c1-2-14-9(13)6-12-8-5-10-3-7(8)4-11-12/h4,10H,2-3,5-6H2,1H3. The number of rotatable bonds is 3. The number of aromatic nitrogens is 2. The fourth-order valence-electron chi connectivity index (χ4n) is 1.58. The molecule has 1 aromatic heterocycles. The third kappa shape index (κ3) is 1.63. The smallest absolute Gasteiger partial charge is 0.327 e. The molecule has 2 heterocycles.